The van der Waals surface area contributed by atoms with Crippen LogP contribution in [0.15, 0.2) is 60.2 Å². The van der Waals surface area contributed by atoms with Gasteiger partial charge in [0.2, 0.25) is 0 Å². The Morgan fingerprint density at radius 3 is 2.03 bits per heavy atom. The molecule has 2 aliphatic rings. The van der Waals surface area contributed by atoms with Crippen LogP contribution in [0.5, 0.6) is 5.75 Å². The number of allylic oxidation sites excluding steroid dienone is 2. The van der Waals surface area contributed by atoms with Crippen LogP contribution >= 0.6 is 0 Å². The predicted molar refractivity (Wildman–Crippen MR) is 123 cm³/mol. The summed E-state index contributed by atoms with van der Waals surface area (Å²) in [6.07, 6.45) is 12.2. The van der Waals surface area contributed by atoms with Gasteiger partial charge in [0.15, 0.2) is 0 Å². The highest BCUT2D eigenvalue weighted by molar-refractivity contribution is 5.64. The number of benzene rings is 2. The summed E-state index contributed by atoms with van der Waals surface area (Å²) in [6.45, 7) is 6.78. The van der Waals surface area contributed by atoms with Gasteiger partial charge in [-0.2, -0.15) is 0 Å². The fourth-order valence-electron chi connectivity index (χ4n) is 5.10. The quantitative estimate of drug-likeness (QED) is 0.472. The molecule has 1 fully saturated rings. The number of hydrogen-bond donors (Lipinski definition) is 0. The Labute approximate surface area is 177 Å². The van der Waals surface area contributed by atoms with Crippen molar-refractivity contribution in [3.8, 4) is 16.9 Å². The van der Waals surface area contributed by atoms with Crippen LogP contribution in [0.3, 0.4) is 0 Å². The lowest BCUT2D eigenvalue weighted by Gasteiger charge is -2.35. The number of rotatable bonds is 5. The Morgan fingerprint density at radius 2 is 1.45 bits per heavy atom. The van der Waals surface area contributed by atoms with Gasteiger partial charge in [0.25, 0.3) is 0 Å². The standard InChI is InChI=1S/C28H36O/c1-20-4-8-24(9-5-20)26-14-12-23(13-15-26)22(3)29-28-18-16-27(17-19-28)25-10-6-21(2)7-11-25/h6-8,10-11,16-20,22-23,26H,4-5,9,12-15H2,1-3H3. The van der Waals surface area contributed by atoms with Crippen molar-refractivity contribution in [3.63, 3.8) is 0 Å². The molecule has 2 atom stereocenters. The molecule has 1 heteroatoms. The summed E-state index contributed by atoms with van der Waals surface area (Å²) in [5.74, 6) is 3.42. The molecule has 4 rings (SSSR count). The van der Waals surface area contributed by atoms with E-state index >= 15 is 0 Å². The molecule has 0 aromatic heterocycles. The van der Waals surface area contributed by atoms with Crippen LogP contribution in [0.4, 0.5) is 0 Å². The highest BCUT2D eigenvalue weighted by Crippen LogP contribution is 2.39. The smallest absolute Gasteiger partial charge is 0.119 e. The summed E-state index contributed by atoms with van der Waals surface area (Å²) in [5, 5.41) is 0. The topological polar surface area (TPSA) is 9.23 Å². The van der Waals surface area contributed by atoms with Crippen molar-refractivity contribution < 1.29 is 4.74 Å². The average Bonchev–Trinajstić information content (AvgIpc) is 2.76. The minimum absolute atomic E-state index is 0.293. The first-order valence-corrected chi connectivity index (χ1v) is 11.6. The minimum atomic E-state index is 0.293. The molecule has 0 radical (unpaired) electrons. The molecule has 1 nitrogen and oxygen atoms in total. The van der Waals surface area contributed by atoms with Crippen molar-refractivity contribution in [1.29, 1.82) is 0 Å². The first-order chi connectivity index (χ1) is 14.1. The maximum absolute atomic E-state index is 6.34. The van der Waals surface area contributed by atoms with E-state index in [2.05, 4.69) is 75.4 Å². The fraction of sp³-hybridized carbons (Fsp3) is 0.500. The van der Waals surface area contributed by atoms with E-state index in [1.54, 1.807) is 5.57 Å². The van der Waals surface area contributed by atoms with Crippen LogP contribution in [0.1, 0.15) is 64.4 Å². The normalized spacial score (nSPS) is 25.9. The van der Waals surface area contributed by atoms with Crippen molar-refractivity contribution in [2.45, 2.75) is 71.8 Å². The fourth-order valence-corrected chi connectivity index (χ4v) is 5.10. The molecule has 1 saturated carbocycles. The third-order valence-corrected chi connectivity index (χ3v) is 7.23. The predicted octanol–water partition coefficient (Wildman–Crippen LogP) is 7.98. The van der Waals surface area contributed by atoms with E-state index in [4.69, 9.17) is 4.74 Å². The molecule has 0 aliphatic heterocycles. The van der Waals surface area contributed by atoms with Gasteiger partial charge >= 0.3 is 0 Å². The molecule has 29 heavy (non-hydrogen) atoms. The summed E-state index contributed by atoms with van der Waals surface area (Å²) < 4.78 is 6.34. The van der Waals surface area contributed by atoms with E-state index in [0.29, 0.717) is 12.0 Å². The van der Waals surface area contributed by atoms with Crippen molar-refractivity contribution in [3.05, 3.63) is 65.7 Å². The Bertz CT molecular complexity index is 806. The Balaban J connectivity index is 1.29. The molecule has 2 unspecified atom stereocenters. The van der Waals surface area contributed by atoms with E-state index in [9.17, 15) is 0 Å². The molecule has 2 aromatic rings. The first kappa shape index (κ1) is 20.3. The summed E-state index contributed by atoms with van der Waals surface area (Å²) in [6, 6.07) is 17.3. The van der Waals surface area contributed by atoms with Crippen molar-refractivity contribution in [1.82, 2.24) is 0 Å². The van der Waals surface area contributed by atoms with Crippen LogP contribution in [-0.4, -0.2) is 6.10 Å². The third-order valence-electron chi connectivity index (χ3n) is 7.23. The van der Waals surface area contributed by atoms with Crippen LogP contribution in [-0.2, 0) is 0 Å². The van der Waals surface area contributed by atoms with Crippen molar-refractivity contribution in [2.24, 2.45) is 17.8 Å². The maximum Gasteiger partial charge on any atom is 0.119 e. The molecular weight excluding hydrogens is 352 g/mol. The van der Waals surface area contributed by atoms with Gasteiger partial charge in [-0.15, -0.1) is 0 Å². The molecular formula is C28H36O. The van der Waals surface area contributed by atoms with Gasteiger partial charge in [-0.3, -0.25) is 0 Å². The molecule has 0 heterocycles. The maximum atomic E-state index is 6.34. The second kappa shape index (κ2) is 9.20. The van der Waals surface area contributed by atoms with E-state index in [0.717, 1.165) is 17.6 Å². The molecule has 0 saturated heterocycles. The van der Waals surface area contributed by atoms with E-state index in [1.165, 1.54) is 61.6 Å². The summed E-state index contributed by atoms with van der Waals surface area (Å²) >= 11 is 0. The summed E-state index contributed by atoms with van der Waals surface area (Å²) in [4.78, 5) is 0. The van der Waals surface area contributed by atoms with Crippen LogP contribution < -0.4 is 4.74 Å². The van der Waals surface area contributed by atoms with Crippen LogP contribution in [0.25, 0.3) is 11.1 Å². The van der Waals surface area contributed by atoms with E-state index in [1.807, 2.05) is 0 Å². The number of ether oxygens (including phenoxy) is 1. The van der Waals surface area contributed by atoms with Gasteiger partial charge in [0, 0.05) is 0 Å². The van der Waals surface area contributed by atoms with Gasteiger partial charge in [0.05, 0.1) is 6.10 Å². The molecule has 154 valence electrons. The van der Waals surface area contributed by atoms with E-state index in [-0.39, 0.29) is 0 Å². The van der Waals surface area contributed by atoms with Gasteiger partial charge in [-0.05, 0) is 99.8 Å². The molecule has 0 bridgehead atoms. The zero-order valence-corrected chi connectivity index (χ0v) is 18.4. The number of hydrogen-bond acceptors (Lipinski definition) is 1. The molecule has 0 amide bonds. The second-order valence-electron chi connectivity index (χ2n) is 9.48. The van der Waals surface area contributed by atoms with Crippen LogP contribution in [0.2, 0.25) is 0 Å². The zero-order chi connectivity index (χ0) is 20.2. The lowest BCUT2D eigenvalue weighted by atomic mass is 9.73. The Kier molecular flexibility index (Phi) is 6.43. The lowest BCUT2D eigenvalue weighted by Crippen LogP contribution is -2.28. The average molecular weight is 389 g/mol. The molecule has 0 spiro atoms. The van der Waals surface area contributed by atoms with Crippen molar-refractivity contribution >= 4 is 0 Å². The van der Waals surface area contributed by atoms with Gasteiger partial charge in [-0.25, -0.2) is 0 Å². The van der Waals surface area contributed by atoms with Gasteiger partial charge in [0.1, 0.15) is 5.75 Å². The van der Waals surface area contributed by atoms with Crippen molar-refractivity contribution in [2.75, 3.05) is 0 Å². The molecule has 0 N–H and O–H groups in total. The largest absolute Gasteiger partial charge is 0.490 e. The number of aryl methyl sites for hydroxylation is 1. The zero-order valence-electron chi connectivity index (χ0n) is 18.4. The molecule has 2 aliphatic carbocycles. The van der Waals surface area contributed by atoms with Crippen LogP contribution in [0, 0.1) is 24.7 Å². The third kappa shape index (κ3) is 5.13. The highest BCUT2D eigenvalue weighted by atomic mass is 16.5. The summed E-state index contributed by atoms with van der Waals surface area (Å²) in [7, 11) is 0. The minimum Gasteiger partial charge on any atom is -0.490 e. The SMILES string of the molecule is Cc1ccc(-c2ccc(OC(C)C3CCC(C4=CCC(C)CC4)CC3)cc2)cc1. The summed E-state index contributed by atoms with van der Waals surface area (Å²) in [5.41, 5.74) is 5.58. The molecule has 2 aromatic carbocycles. The Hall–Kier alpha value is -2.02. The highest BCUT2D eigenvalue weighted by Gasteiger charge is 2.28. The van der Waals surface area contributed by atoms with E-state index < -0.39 is 0 Å². The second-order valence-corrected chi connectivity index (χ2v) is 9.48. The lowest BCUT2D eigenvalue weighted by molar-refractivity contribution is 0.113. The van der Waals surface area contributed by atoms with Gasteiger partial charge < -0.3 is 4.74 Å². The van der Waals surface area contributed by atoms with Gasteiger partial charge in [-0.1, -0.05) is 60.5 Å². The first-order valence-electron chi connectivity index (χ1n) is 11.6. The monoisotopic (exact) mass is 388 g/mol. The Morgan fingerprint density at radius 1 is 0.828 bits per heavy atom.